The first-order valence-corrected chi connectivity index (χ1v) is 16.7. The normalized spacial score (nSPS) is 18.0. The van der Waals surface area contributed by atoms with E-state index in [1.54, 1.807) is 12.1 Å². The minimum atomic E-state index is -4.76. The van der Waals surface area contributed by atoms with E-state index in [1.807, 2.05) is 6.20 Å². The van der Waals surface area contributed by atoms with Gasteiger partial charge in [-0.05, 0) is 79.8 Å². The number of alkyl halides is 3. The number of aromatic nitrogens is 1. The molecule has 48 heavy (non-hydrogen) atoms. The maximum absolute atomic E-state index is 14.2. The van der Waals surface area contributed by atoms with Gasteiger partial charge in [-0.3, -0.25) is 14.6 Å². The quantitative estimate of drug-likeness (QED) is 0.124. The van der Waals surface area contributed by atoms with Crippen LogP contribution in [0.2, 0.25) is 0 Å². The van der Waals surface area contributed by atoms with Crippen molar-refractivity contribution in [3.05, 3.63) is 89.6 Å². The van der Waals surface area contributed by atoms with Gasteiger partial charge in [0.1, 0.15) is 23.2 Å². The Bertz CT molecular complexity index is 1670. The Kier molecular flexibility index (Phi) is 10.8. The number of Topliss-reactive ketones (excluding diaryl/α,β-unsaturated/α-hetero) is 1. The Morgan fingerprint density at radius 1 is 0.875 bits per heavy atom. The van der Waals surface area contributed by atoms with E-state index >= 15 is 0 Å². The van der Waals surface area contributed by atoms with E-state index in [2.05, 4.69) is 42.6 Å². The highest BCUT2D eigenvalue weighted by molar-refractivity contribution is 5.96. The lowest BCUT2D eigenvalue weighted by molar-refractivity contribution is -0.274. The number of hydrogen-bond donors (Lipinski definition) is 1. The van der Waals surface area contributed by atoms with Gasteiger partial charge in [0, 0.05) is 80.5 Å². The molecule has 0 spiro atoms. The van der Waals surface area contributed by atoms with Gasteiger partial charge in [0.05, 0.1) is 6.04 Å². The molecule has 2 aliphatic heterocycles. The number of hydrogen-bond acceptors (Lipinski definition) is 5. The zero-order valence-corrected chi connectivity index (χ0v) is 26.9. The van der Waals surface area contributed by atoms with Crippen molar-refractivity contribution in [1.29, 1.82) is 0 Å². The number of rotatable bonds is 12. The van der Waals surface area contributed by atoms with Crippen molar-refractivity contribution in [3.8, 4) is 16.9 Å². The number of piperazine rings is 1. The number of halogens is 5. The molecule has 0 aliphatic carbocycles. The molecular weight excluding hydrogens is 627 g/mol. The van der Waals surface area contributed by atoms with Gasteiger partial charge >= 0.3 is 6.36 Å². The summed E-state index contributed by atoms with van der Waals surface area (Å²) >= 11 is 0. The molecule has 3 aromatic carbocycles. The van der Waals surface area contributed by atoms with E-state index < -0.39 is 18.0 Å². The summed E-state index contributed by atoms with van der Waals surface area (Å²) in [6.45, 7) is 5.39. The number of unbranched alkanes of at least 4 members (excludes halogenated alkanes) is 1. The number of nitrogens with zero attached hydrogens (tertiary/aromatic N) is 3. The summed E-state index contributed by atoms with van der Waals surface area (Å²) in [5.41, 5.74) is 3.89. The van der Waals surface area contributed by atoms with Crippen LogP contribution in [0.5, 0.6) is 5.75 Å². The van der Waals surface area contributed by atoms with Crippen LogP contribution in [0.25, 0.3) is 22.0 Å². The minimum absolute atomic E-state index is 0.0293. The number of ketones is 1. The largest absolute Gasteiger partial charge is 0.573 e. The summed E-state index contributed by atoms with van der Waals surface area (Å²) in [6, 6.07) is 16.2. The van der Waals surface area contributed by atoms with Gasteiger partial charge in [-0.1, -0.05) is 30.7 Å². The third-order valence-electron chi connectivity index (χ3n) is 9.43. The number of nitrogens with one attached hydrogen (secondary N) is 1. The van der Waals surface area contributed by atoms with Gasteiger partial charge in [-0.15, -0.1) is 13.2 Å². The van der Waals surface area contributed by atoms with E-state index in [1.165, 1.54) is 30.3 Å². The highest BCUT2D eigenvalue weighted by atomic mass is 19.4. The first-order valence-electron chi connectivity index (χ1n) is 16.7. The number of aryl methyl sites for hydroxylation is 1. The number of carbonyl (C=O) groups excluding carboxylic acids is 1. The van der Waals surface area contributed by atoms with Gasteiger partial charge in [-0.25, -0.2) is 8.78 Å². The second-order valence-electron chi connectivity index (χ2n) is 12.8. The van der Waals surface area contributed by atoms with E-state index in [0.717, 1.165) is 79.3 Å². The second kappa shape index (κ2) is 15.2. The number of piperidine rings is 1. The molecule has 2 fully saturated rings. The molecule has 1 atom stereocenters. The van der Waals surface area contributed by atoms with Crippen molar-refractivity contribution in [2.45, 2.75) is 70.6 Å². The fraction of sp³-hybridized carbons (Fsp3) is 0.432. The highest BCUT2D eigenvalue weighted by Gasteiger charge is 2.31. The maximum Gasteiger partial charge on any atom is 0.573 e. The highest BCUT2D eigenvalue weighted by Crippen LogP contribution is 2.34. The average molecular weight is 669 g/mol. The van der Waals surface area contributed by atoms with Gasteiger partial charge in [0.15, 0.2) is 0 Å². The van der Waals surface area contributed by atoms with E-state index in [4.69, 9.17) is 0 Å². The minimum Gasteiger partial charge on any atom is -0.406 e. The average Bonchev–Trinajstić information content (AvgIpc) is 3.43. The molecule has 0 bridgehead atoms. The van der Waals surface area contributed by atoms with Crippen LogP contribution in [0.3, 0.4) is 0 Å². The lowest BCUT2D eigenvalue weighted by atomic mass is 9.98. The first kappa shape index (κ1) is 34.1. The van der Waals surface area contributed by atoms with Crippen LogP contribution in [0, 0.1) is 11.6 Å². The molecule has 6 rings (SSSR count). The summed E-state index contributed by atoms with van der Waals surface area (Å²) in [5, 5.41) is 4.32. The van der Waals surface area contributed by atoms with E-state index in [9.17, 15) is 26.7 Å². The van der Waals surface area contributed by atoms with Gasteiger partial charge in [-0.2, -0.15) is 0 Å². The Balaban J connectivity index is 1.15. The van der Waals surface area contributed by atoms with Crippen LogP contribution in [0.1, 0.15) is 49.7 Å². The molecule has 256 valence electrons. The fourth-order valence-electron chi connectivity index (χ4n) is 6.85. The topological polar surface area (TPSA) is 49.7 Å². The summed E-state index contributed by atoms with van der Waals surface area (Å²) in [5.74, 6) is -1.05. The molecule has 4 aromatic rings. The fourth-order valence-corrected chi connectivity index (χ4v) is 6.85. The molecule has 0 saturated carbocycles. The molecule has 11 heteroatoms. The van der Waals surface area contributed by atoms with Gasteiger partial charge in [0.25, 0.3) is 0 Å². The van der Waals surface area contributed by atoms with Crippen molar-refractivity contribution in [1.82, 2.24) is 19.7 Å². The Morgan fingerprint density at radius 2 is 1.58 bits per heavy atom. The third kappa shape index (κ3) is 8.61. The van der Waals surface area contributed by atoms with Crippen LogP contribution in [-0.4, -0.2) is 65.3 Å². The Hall–Kier alpha value is -3.80. The van der Waals surface area contributed by atoms with Gasteiger partial charge in [0.2, 0.25) is 0 Å². The van der Waals surface area contributed by atoms with Crippen molar-refractivity contribution < 1.29 is 31.5 Å². The van der Waals surface area contributed by atoms with Crippen LogP contribution in [0.15, 0.2) is 66.9 Å². The van der Waals surface area contributed by atoms with Crippen LogP contribution < -0.4 is 10.1 Å². The van der Waals surface area contributed by atoms with Crippen molar-refractivity contribution in [3.63, 3.8) is 0 Å². The molecule has 1 N–H and O–H groups in total. The summed E-state index contributed by atoms with van der Waals surface area (Å²) in [6.07, 6.45) is 2.52. The number of fused-ring (bicyclic) bond motifs is 1. The van der Waals surface area contributed by atoms with Crippen molar-refractivity contribution in [2.75, 3.05) is 32.7 Å². The van der Waals surface area contributed by atoms with Gasteiger partial charge < -0.3 is 14.6 Å². The molecule has 6 nitrogen and oxygen atoms in total. The molecule has 0 radical (unpaired) electrons. The van der Waals surface area contributed by atoms with Crippen molar-refractivity contribution >= 4 is 16.7 Å². The number of carbonyl (C=O) groups is 1. The predicted molar refractivity (Wildman–Crippen MR) is 175 cm³/mol. The molecule has 2 aliphatic rings. The maximum atomic E-state index is 14.2. The monoisotopic (exact) mass is 668 g/mol. The summed E-state index contributed by atoms with van der Waals surface area (Å²) < 4.78 is 73.0. The SMILES string of the molecule is O=C(CCCCn1cc(-c2ccc(OC(F)(F)F)cc2)c2cc(CN3CCN(Cc4c(F)cccc4F)CC3)ccc21)C1CCCCN1. The Morgan fingerprint density at radius 3 is 2.25 bits per heavy atom. The molecule has 2 saturated heterocycles. The van der Waals surface area contributed by atoms with E-state index in [-0.39, 0.29) is 29.7 Å². The number of ether oxygens (including phenoxy) is 1. The standard InChI is InChI=1S/C37H41F5N4O2/c38-32-6-5-7-33(39)31(32)24-45-20-18-44(19-21-45)23-26-10-15-35-29(22-26)30(27-11-13-28(14-12-27)48-37(40,41)42)25-46(35)17-4-2-9-36(47)34-8-1-3-16-43-34/h5-7,10-15,22,25,34,43H,1-4,8-9,16-21,23-24H2. The molecule has 3 heterocycles. The summed E-state index contributed by atoms with van der Waals surface area (Å²) in [4.78, 5) is 17.0. The Labute approximate surface area is 277 Å². The second-order valence-corrected chi connectivity index (χ2v) is 12.8. The van der Waals surface area contributed by atoms with Crippen LogP contribution in [0.4, 0.5) is 22.0 Å². The molecule has 1 aromatic heterocycles. The summed E-state index contributed by atoms with van der Waals surface area (Å²) in [7, 11) is 0. The lowest BCUT2D eigenvalue weighted by Crippen LogP contribution is -2.45. The van der Waals surface area contributed by atoms with E-state index in [0.29, 0.717) is 32.6 Å². The number of benzene rings is 3. The zero-order chi connectivity index (χ0) is 33.7. The third-order valence-corrected chi connectivity index (χ3v) is 9.43. The zero-order valence-electron chi connectivity index (χ0n) is 26.9. The predicted octanol–water partition coefficient (Wildman–Crippen LogP) is 7.68. The molecule has 0 amide bonds. The molecular formula is C37H41F5N4O2. The smallest absolute Gasteiger partial charge is 0.406 e. The van der Waals surface area contributed by atoms with Crippen molar-refractivity contribution in [2.24, 2.45) is 0 Å². The molecule has 1 unspecified atom stereocenters. The first-order chi connectivity index (χ1) is 23.1. The lowest BCUT2D eigenvalue weighted by Gasteiger charge is -2.34. The van der Waals surface area contributed by atoms with Crippen LogP contribution in [-0.2, 0) is 24.4 Å². The van der Waals surface area contributed by atoms with Crippen LogP contribution >= 0.6 is 0 Å².